The fraction of sp³-hybridized carbons (Fsp3) is 0.458. The number of sulfonamides is 1. The molecule has 0 aliphatic carbocycles. The number of benzene rings is 2. The highest BCUT2D eigenvalue weighted by Crippen LogP contribution is 2.40. The maximum absolute atomic E-state index is 13.1. The van der Waals surface area contributed by atoms with Crippen molar-refractivity contribution in [2.24, 2.45) is 0 Å². The Labute approximate surface area is 184 Å². The zero-order chi connectivity index (χ0) is 22.2. The highest BCUT2D eigenvalue weighted by molar-refractivity contribution is 7.89. The molecule has 0 aromatic heterocycles. The number of carbonyl (C=O) groups is 1. The number of hydrogen-bond acceptors (Lipinski definition) is 4. The van der Waals surface area contributed by atoms with Crippen molar-refractivity contribution in [2.75, 3.05) is 13.1 Å². The highest BCUT2D eigenvalue weighted by Gasteiger charge is 2.35. The van der Waals surface area contributed by atoms with Gasteiger partial charge < -0.3 is 10.1 Å². The molecule has 6 nitrogen and oxygen atoms in total. The molecule has 2 heterocycles. The quantitative estimate of drug-likeness (QED) is 0.770. The Balaban J connectivity index is 1.58. The van der Waals surface area contributed by atoms with Crippen LogP contribution in [0.25, 0.3) is 0 Å². The summed E-state index contributed by atoms with van der Waals surface area (Å²) < 4.78 is 33.7. The Morgan fingerprint density at radius 2 is 1.84 bits per heavy atom. The van der Waals surface area contributed by atoms with Gasteiger partial charge in [-0.3, -0.25) is 4.79 Å². The average Bonchev–Trinajstić information content (AvgIpc) is 2.73. The van der Waals surface area contributed by atoms with E-state index in [-0.39, 0.29) is 16.8 Å². The lowest BCUT2D eigenvalue weighted by atomic mass is 9.89. The van der Waals surface area contributed by atoms with Crippen molar-refractivity contribution in [1.82, 2.24) is 9.62 Å². The molecule has 2 aliphatic heterocycles. The summed E-state index contributed by atoms with van der Waals surface area (Å²) in [5, 5.41) is 3.10. The van der Waals surface area contributed by atoms with Gasteiger partial charge in [0, 0.05) is 30.6 Å². The number of rotatable bonds is 4. The predicted molar refractivity (Wildman–Crippen MR) is 120 cm³/mol. The molecule has 2 aliphatic rings. The molecule has 0 radical (unpaired) electrons. The van der Waals surface area contributed by atoms with Crippen molar-refractivity contribution in [3.8, 4) is 5.75 Å². The first-order valence-electron chi connectivity index (χ1n) is 10.9. The number of nitrogens with one attached hydrogen (secondary N) is 1. The van der Waals surface area contributed by atoms with Crippen LogP contribution in [-0.2, 0) is 10.0 Å². The minimum atomic E-state index is -3.59. The van der Waals surface area contributed by atoms with Gasteiger partial charge in [-0.25, -0.2) is 8.42 Å². The summed E-state index contributed by atoms with van der Waals surface area (Å²) in [7, 11) is -3.59. The number of ether oxygens (including phenoxy) is 1. The molecule has 1 atom stereocenters. The lowest BCUT2D eigenvalue weighted by Crippen LogP contribution is -2.41. The van der Waals surface area contributed by atoms with Gasteiger partial charge in [0.25, 0.3) is 5.91 Å². The maximum Gasteiger partial charge on any atom is 0.251 e. The van der Waals surface area contributed by atoms with E-state index in [1.807, 2.05) is 39.0 Å². The number of amides is 1. The van der Waals surface area contributed by atoms with E-state index < -0.39 is 15.6 Å². The molecule has 4 rings (SSSR count). The summed E-state index contributed by atoms with van der Waals surface area (Å²) in [6, 6.07) is 12.1. The summed E-state index contributed by atoms with van der Waals surface area (Å²) in [6.07, 6.45) is 3.42. The van der Waals surface area contributed by atoms with Gasteiger partial charge in [0.1, 0.15) is 11.4 Å². The summed E-state index contributed by atoms with van der Waals surface area (Å²) in [5.41, 5.74) is 1.96. The molecule has 1 amide bonds. The molecule has 2 aromatic rings. The van der Waals surface area contributed by atoms with Gasteiger partial charge in [0.05, 0.1) is 10.9 Å². The van der Waals surface area contributed by atoms with Crippen molar-refractivity contribution in [3.63, 3.8) is 0 Å². The zero-order valence-corrected chi connectivity index (χ0v) is 19.2. The molecule has 7 heteroatoms. The number of hydrogen-bond donors (Lipinski definition) is 1. The normalized spacial score (nSPS) is 21.1. The van der Waals surface area contributed by atoms with Crippen molar-refractivity contribution in [1.29, 1.82) is 0 Å². The van der Waals surface area contributed by atoms with Crippen LogP contribution in [0.4, 0.5) is 0 Å². The van der Waals surface area contributed by atoms with Crippen LogP contribution in [0.3, 0.4) is 0 Å². The molecule has 0 unspecified atom stereocenters. The average molecular weight is 443 g/mol. The van der Waals surface area contributed by atoms with Gasteiger partial charge in [0.15, 0.2) is 0 Å². The largest absolute Gasteiger partial charge is 0.487 e. The van der Waals surface area contributed by atoms with E-state index in [0.717, 1.165) is 36.1 Å². The molecule has 0 bridgehead atoms. The van der Waals surface area contributed by atoms with Crippen LogP contribution in [0.5, 0.6) is 5.75 Å². The first-order chi connectivity index (χ1) is 14.7. The Morgan fingerprint density at radius 3 is 2.58 bits per heavy atom. The number of nitrogens with zero attached hydrogens (tertiary/aromatic N) is 1. The first-order valence-corrected chi connectivity index (χ1v) is 12.3. The summed E-state index contributed by atoms with van der Waals surface area (Å²) in [4.78, 5) is 13.3. The maximum atomic E-state index is 13.1. The number of fused-ring (bicyclic) bond motifs is 1. The van der Waals surface area contributed by atoms with Crippen LogP contribution < -0.4 is 10.1 Å². The SMILES string of the molecule is Cc1ccc2c(c1)OC(C)(C)C[C@@H]2NC(=O)c1cccc(S(=O)(=O)N2CCCCC2)c1. The van der Waals surface area contributed by atoms with Gasteiger partial charge in [-0.1, -0.05) is 24.6 Å². The Kier molecular flexibility index (Phi) is 5.83. The summed E-state index contributed by atoms with van der Waals surface area (Å²) >= 11 is 0. The second kappa shape index (κ2) is 8.28. The van der Waals surface area contributed by atoms with E-state index >= 15 is 0 Å². The number of piperidine rings is 1. The molecule has 0 spiro atoms. The third-order valence-electron chi connectivity index (χ3n) is 5.98. The fourth-order valence-electron chi connectivity index (χ4n) is 4.38. The van der Waals surface area contributed by atoms with E-state index in [0.29, 0.717) is 25.1 Å². The molecule has 1 N–H and O–H groups in total. The standard InChI is InChI=1S/C24H30N2O4S/c1-17-10-11-20-21(16-24(2,3)30-22(20)14-17)25-23(27)18-8-7-9-19(15-18)31(28,29)26-12-5-4-6-13-26/h7-11,14-15,21H,4-6,12-13,16H2,1-3H3,(H,25,27)/t21-/m0/s1. The number of carbonyl (C=O) groups excluding carboxylic acids is 1. The predicted octanol–water partition coefficient (Wildman–Crippen LogP) is 4.20. The van der Waals surface area contributed by atoms with Gasteiger partial charge in [-0.2, -0.15) is 4.31 Å². The molecule has 1 saturated heterocycles. The van der Waals surface area contributed by atoms with E-state index in [1.54, 1.807) is 18.2 Å². The van der Waals surface area contributed by atoms with Crippen LogP contribution in [0.15, 0.2) is 47.4 Å². The Morgan fingerprint density at radius 1 is 1.10 bits per heavy atom. The molecule has 166 valence electrons. The molecular formula is C24H30N2O4S. The topological polar surface area (TPSA) is 75.7 Å². The van der Waals surface area contributed by atoms with E-state index in [4.69, 9.17) is 4.74 Å². The van der Waals surface area contributed by atoms with E-state index in [1.165, 1.54) is 10.4 Å². The van der Waals surface area contributed by atoms with Crippen LogP contribution in [0, 0.1) is 6.92 Å². The van der Waals surface area contributed by atoms with Gasteiger partial charge in [-0.15, -0.1) is 0 Å². The monoisotopic (exact) mass is 442 g/mol. The van der Waals surface area contributed by atoms with E-state index in [9.17, 15) is 13.2 Å². The van der Waals surface area contributed by atoms with Crippen molar-refractivity contribution in [2.45, 2.75) is 63.0 Å². The van der Waals surface area contributed by atoms with Gasteiger partial charge >= 0.3 is 0 Å². The molecule has 31 heavy (non-hydrogen) atoms. The second-order valence-electron chi connectivity index (χ2n) is 9.13. The minimum Gasteiger partial charge on any atom is -0.487 e. The summed E-state index contributed by atoms with van der Waals surface area (Å²) in [6.45, 7) is 7.08. The van der Waals surface area contributed by atoms with Gasteiger partial charge in [-0.05, 0) is 63.4 Å². The highest BCUT2D eigenvalue weighted by atomic mass is 32.2. The number of aryl methyl sites for hydroxylation is 1. The fourth-order valence-corrected chi connectivity index (χ4v) is 5.94. The van der Waals surface area contributed by atoms with Crippen molar-refractivity contribution < 1.29 is 17.9 Å². The van der Waals surface area contributed by atoms with Crippen LogP contribution in [-0.4, -0.2) is 37.3 Å². The zero-order valence-electron chi connectivity index (χ0n) is 18.3. The smallest absolute Gasteiger partial charge is 0.251 e. The van der Waals surface area contributed by atoms with Crippen LogP contribution in [0.1, 0.15) is 67.1 Å². The Hall–Kier alpha value is -2.38. The summed E-state index contributed by atoms with van der Waals surface area (Å²) in [5.74, 6) is 0.493. The lowest BCUT2D eigenvalue weighted by Gasteiger charge is -2.38. The molecule has 1 fully saturated rings. The first kappa shape index (κ1) is 21.8. The van der Waals surface area contributed by atoms with Crippen molar-refractivity contribution >= 4 is 15.9 Å². The van der Waals surface area contributed by atoms with Gasteiger partial charge in [0.2, 0.25) is 10.0 Å². The third kappa shape index (κ3) is 4.62. The van der Waals surface area contributed by atoms with Crippen LogP contribution in [0.2, 0.25) is 0 Å². The van der Waals surface area contributed by atoms with Crippen molar-refractivity contribution in [3.05, 3.63) is 59.2 Å². The Bertz CT molecular complexity index is 1090. The third-order valence-corrected chi connectivity index (χ3v) is 7.88. The molecule has 2 aromatic carbocycles. The molecular weight excluding hydrogens is 412 g/mol. The van der Waals surface area contributed by atoms with E-state index in [2.05, 4.69) is 5.32 Å². The van der Waals surface area contributed by atoms with Crippen LogP contribution >= 0.6 is 0 Å². The second-order valence-corrected chi connectivity index (χ2v) is 11.1. The lowest BCUT2D eigenvalue weighted by molar-refractivity contribution is 0.0619. The molecule has 0 saturated carbocycles. The minimum absolute atomic E-state index is 0.172.